The van der Waals surface area contributed by atoms with E-state index < -0.39 is 0 Å². The van der Waals surface area contributed by atoms with E-state index in [4.69, 9.17) is 0 Å². The van der Waals surface area contributed by atoms with Crippen molar-refractivity contribution in [2.24, 2.45) is 5.92 Å². The Kier molecular flexibility index (Phi) is 5.20. The highest BCUT2D eigenvalue weighted by atomic mass is 15.3. The molecule has 0 aliphatic carbocycles. The van der Waals surface area contributed by atoms with Gasteiger partial charge in [0.25, 0.3) is 0 Å². The Bertz CT molecular complexity index is 339. The number of hydrogen-bond acceptors (Lipinski definition) is 3. The zero-order valence-electron chi connectivity index (χ0n) is 11.7. The van der Waals surface area contributed by atoms with Crippen molar-refractivity contribution < 1.29 is 0 Å². The molecule has 0 bridgehead atoms. The van der Waals surface area contributed by atoms with Crippen LogP contribution in [0, 0.1) is 5.92 Å². The Morgan fingerprint density at radius 1 is 1.33 bits per heavy atom. The number of nitrogens with zero attached hydrogens (tertiary/aromatic N) is 3. The van der Waals surface area contributed by atoms with Crippen LogP contribution in [0.3, 0.4) is 0 Å². The molecular formula is C14H26N4. The van der Waals surface area contributed by atoms with Crippen molar-refractivity contribution in [3.8, 4) is 0 Å². The molecule has 0 radical (unpaired) electrons. The number of rotatable bonds is 6. The molecule has 1 saturated heterocycles. The molecule has 0 spiro atoms. The van der Waals surface area contributed by atoms with Gasteiger partial charge in [0.2, 0.25) is 0 Å². The van der Waals surface area contributed by atoms with Gasteiger partial charge in [0.05, 0.1) is 6.20 Å². The molecule has 2 rings (SSSR count). The van der Waals surface area contributed by atoms with Crippen LogP contribution in [-0.2, 0) is 13.1 Å². The Morgan fingerprint density at radius 2 is 2.11 bits per heavy atom. The van der Waals surface area contributed by atoms with Crippen molar-refractivity contribution in [3.63, 3.8) is 0 Å². The van der Waals surface area contributed by atoms with E-state index in [-0.39, 0.29) is 0 Å². The summed E-state index contributed by atoms with van der Waals surface area (Å²) in [6.45, 7) is 11.1. The first kappa shape index (κ1) is 13.6. The molecule has 0 aromatic carbocycles. The molecule has 18 heavy (non-hydrogen) atoms. The molecule has 2 heterocycles. The van der Waals surface area contributed by atoms with Crippen molar-refractivity contribution >= 4 is 0 Å². The van der Waals surface area contributed by atoms with Crippen LogP contribution in [0.15, 0.2) is 12.4 Å². The second kappa shape index (κ2) is 6.90. The first-order chi connectivity index (χ1) is 8.81. The molecular weight excluding hydrogens is 224 g/mol. The van der Waals surface area contributed by atoms with Gasteiger partial charge in [-0.3, -0.25) is 9.58 Å². The summed E-state index contributed by atoms with van der Waals surface area (Å²) in [4.78, 5) is 2.56. The molecule has 4 heteroatoms. The molecule has 0 unspecified atom stereocenters. The number of likely N-dealkylation sites (tertiary alicyclic amines) is 1. The van der Waals surface area contributed by atoms with Gasteiger partial charge >= 0.3 is 0 Å². The lowest BCUT2D eigenvalue weighted by atomic mass is 9.96. The minimum Gasteiger partial charge on any atom is -0.317 e. The van der Waals surface area contributed by atoms with E-state index in [0.29, 0.717) is 0 Å². The van der Waals surface area contributed by atoms with Gasteiger partial charge in [-0.05, 0) is 51.9 Å². The standard InChI is InChI=1S/C14H26N4/c1-3-15-9-13-5-7-17(8-6-13)11-14-10-16-18(4-2)12-14/h10,12-13,15H,3-9,11H2,1-2H3. The van der Waals surface area contributed by atoms with E-state index >= 15 is 0 Å². The lowest BCUT2D eigenvalue weighted by molar-refractivity contribution is 0.176. The van der Waals surface area contributed by atoms with Crippen LogP contribution in [-0.4, -0.2) is 40.9 Å². The average Bonchev–Trinajstić information content (AvgIpc) is 2.86. The normalized spacial score (nSPS) is 18.3. The summed E-state index contributed by atoms with van der Waals surface area (Å²) < 4.78 is 2.01. The Hall–Kier alpha value is -0.870. The quantitative estimate of drug-likeness (QED) is 0.834. The molecule has 1 aliphatic rings. The fraction of sp³-hybridized carbons (Fsp3) is 0.786. The molecule has 1 aromatic rings. The highest BCUT2D eigenvalue weighted by Gasteiger charge is 2.18. The first-order valence-corrected chi connectivity index (χ1v) is 7.26. The van der Waals surface area contributed by atoms with Gasteiger partial charge in [0.1, 0.15) is 0 Å². The Balaban J connectivity index is 1.73. The van der Waals surface area contributed by atoms with Gasteiger partial charge in [-0.15, -0.1) is 0 Å². The summed E-state index contributed by atoms with van der Waals surface area (Å²) in [5.74, 6) is 0.875. The molecule has 1 aliphatic heterocycles. The number of hydrogen-bond donors (Lipinski definition) is 1. The zero-order valence-corrected chi connectivity index (χ0v) is 11.7. The number of nitrogens with one attached hydrogen (secondary N) is 1. The molecule has 0 saturated carbocycles. The fourth-order valence-corrected chi connectivity index (χ4v) is 2.62. The van der Waals surface area contributed by atoms with Crippen LogP contribution < -0.4 is 5.32 Å². The summed E-state index contributed by atoms with van der Waals surface area (Å²) in [7, 11) is 0. The van der Waals surface area contributed by atoms with Crippen molar-refractivity contribution in [2.45, 2.75) is 39.8 Å². The van der Waals surface area contributed by atoms with Crippen molar-refractivity contribution in [1.29, 1.82) is 0 Å². The van der Waals surface area contributed by atoms with Crippen molar-refractivity contribution in [2.75, 3.05) is 26.2 Å². The largest absolute Gasteiger partial charge is 0.317 e. The van der Waals surface area contributed by atoms with Gasteiger partial charge in [-0.25, -0.2) is 0 Å². The van der Waals surface area contributed by atoms with E-state index in [9.17, 15) is 0 Å². The summed E-state index contributed by atoms with van der Waals surface area (Å²) in [6.07, 6.45) is 6.84. The summed E-state index contributed by atoms with van der Waals surface area (Å²) in [5.41, 5.74) is 1.35. The Labute approximate surface area is 110 Å². The summed E-state index contributed by atoms with van der Waals surface area (Å²) >= 11 is 0. The first-order valence-electron chi connectivity index (χ1n) is 7.26. The zero-order chi connectivity index (χ0) is 12.8. The molecule has 1 N–H and O–H groups in total. The molecule has 102 valence electrons. The molecule has 0 amide bonds. The summed E-state index contributed by atoms with van der Waals surface area (Å²) in [6, 6.07) is 0. The summed E-state index contributed by atoms with van der Waals surface area (Å²) in [5, 5.41) is 7.80. The molecule has 1 fully saturated rings. The highest BCUT2D eigenvalue weighted by molar-refractivity contribution is 5.03. The third-order valence-electron chi connectivity index (χ3n) is 3.81. The number of piperidine rings is 1. The number of aryl methyl sites for hydroxylation is 1. The number of aromatic nitrogens is 2. The lowest BCUT2D eigenvalue weighted by Crippen LogP contribution is -2.36. The van der Waals surface area contributed by atoms with Gasteiger partial charge in [0.15, 0.2) is 0 Å². The minimum absolute atomic E-state index is 0.875. The third-order valence-corrected chi connectivity index (χ3v) is 3.81. The monoisotopic (exact) mass is 250 g/mol. The van der Waals surface area contributed by atoms with Crippen molar-refractivity contribution in [1.82, 2.24) is 20.0 Å². The maximum atomic E-state index is 4.34. The van der Waals surface area contributed by atoms with Gasteiger partial charge in [-0.1, -0.05) is 6.92 Å². The second-order valence-electron chi connectivity index (χ2n) is 5.23. The molecule has 0 atom stereocenters. The van der Waals surface area contributed by atoms with Crippen LogP contribution >= 0.6 is 0 Å². The van der Waals surface area contributed by atoms with E-state index in [1.165, 1.54) is 38.0 Å². The van der Waals surface area contributed by atoms with Crippen LogP contribution in [0.5, 0.6) is 0 Å². The average molecular weight is 250 g/mol. The maximum absolute atomic E-state index is 4.34. The lowest BCUT2D eigenvalue weighted by Gasteiger charge is -2.31. The SMILES string of the molecule is CCNCC1CCN(Cc2cnn(CC)c2)CC1. The maximum Gasteiger partial charge on any atom is 0.0534 e. The van der Waals surface area contributed by atoms with Crippen LogP contribution in [0.2, 0.25) is 0 Å². The topological polar surface area (TPSA) is 33.1 Å². The van der Waals surface area contributed by atoms with Crippen molar-refractivity contribution in [3.05, 3.63) is 18.0 Å². The van der Waals surface area contributed by atoms with E-state index in [0.717, 1.165) is 25.6 Å². The fourth-order valence-electron chi connectivity index (χ4n) is 2.62. The smallest absolute Gasteiger partial charge is 0.0534 e. The van der Waals surface area contributed by atoms with Crippen LogP contribution in [0.1, 0.15) is 32.3 Å². The predicted octanol–water partition coefficient (Wildman–Crippen LogP) is 1.72. The van der Waals surface area contributed by atoms with Crippen LogP contribution in [0.25, 0.3) is 0 Å². The third kappa shape index (κ3) is 3.82. The van der Waals surface area contributed by atoms with E-state index in [1.54, 1.807) is 0 Å². The Morgan fingerprint density at radius 3 is 2.72 bits per heavy atom. The van der Waals surface area contributed by atoms with Gasteiger partial charge < -0.3 is 5.32 Å². The van der Waals surface area contributed by atoms with Gasteiger partial charge in [0, 0.05) is 24.8 Å². The molecule has 1 aromatic heterocycles. The van der Waals surface area contributed by atoms with E-state index in [1.807, 2.05) is 10.9 Å². The predicted molar refractivity (Wildman–Crippen MR) is 74.4 cm³/mol. The second-order valence-corrected chi connectivity index (χ2v) is 5.23. The van der Waals surface area contributed by atoms with Crippen LogP contribution in [0.4, 0.5) is 0 Å². The van der Waals surface area contributed by atoms with Gasteiger partial charge in [-0.2, -0.15) is 5.10 Å². The molecule has 4 nitrogen and oxygen atoms in total. The van der Waals surface area contributed by atoms with E-state index in [2.05, 4.69) is 35.4 Å². The highest BCUT2D eigenvalue weighted by Crippen LogP contribution is 2.18. The minimum atomic E-state index is 0.875.